The molecule has 0 aliphatic carbocycles. The van der Waals surface area contributed by atoms with Crippen molar-refractivity contribution in [2.24, 2.45) is 0 Å². The summed E-state index contributed by atoms with van der Waals surface area (Å²) < 4.78 is 12.6. The molecule has 0 atom stereocenters. The van der Waals surface area contributed by atoms with E-state index in [1.54, 1.807) is 6.07 Å². The van der Waals surface area contributed by atoms with Crippen LogP contribution in [0.2, 0.25) is 0 Å². The summed E-state index contributed by atoms with van der Waals surface area (Å²) in [5, 5.41) is 2.46. The minimum absolute atomic E-state index is 0.498. The van der Waals surface area contributed by atoms with Crippen molar-refractivity contribution >= 4 is 10.8 Å². The zero-order valence-electron chi connectivity index (χ0n) is 10.5. The van der Waals surface area contributed by atoms with Crippen molar-refractivity contribution in [3.05, 3.63) is 77.6 Å². The van der Waals surface area contributed by atoms with Crippen LogP contribution in [0.25, 0.3) is 10.8 Å². The van der Waals surface area contributed by atoms with Gasteiger partial charge >= 0.3 is 0 Å². The van der Waals surface area contributed by atoms with Crippen LogP contribution in [0.4, 0.5) is 4.39 Å². The first kappa shape index (κ1) is 11.8. The molecule has 94 valence electrons. The molecule has 0 fully saturated rings. The molecule has 3 rings (SSSR count). The van der Waals surface area contributed by atoms with Crippen LogP contribution in [0, 0.1) is 0 Å². The fourth-order valence-electron chi connectivity index (χ4n) is 2.34. The molecule has 0 N–H and O–H groups in total. The third-order valence-corrected chi connectivity index (χ3v) is 3.25. The Morgan fingerprint density at radius 3 is 2.42 bits per heavy atom. The van der Waals surface area contributed by atoms with Crippen LogP contribution < -0.4 is 0 Å². The first-order valence-electron chi connectivity index (χ1n) is 6.34. The number of rotatable bonds is 3. The average molecular weight is 251 g/mol. The van der Waals surface area contributed by atoms with Crippen molar-refractivity contribution in [2.75, 3.05) is 0 Å². The molecule has 0 aliphatic heterocycles. The Morgan fingerprint density at radius 1 is 0.789 bits per heavy atom. The van der Waals surface area contributed by atoms with Crippen molar-refractivity contribution in [3.63, 3.8) is 0 Å². The highest BCUT2D eigenvalue weighted by Crippen LogP contribution is 2.20. The van der Waals surface area contributed by atoms with Gasteiger partial charge < -0.3 is 0 Å². The number of hydrogen-bond acceptors (Lipinski definition) is 1. The predicted molar refractivity (Wildman–Crippen MR) is 75.8 cm³/mol. The van der Waals surface area contributed by atoms with Crippen LogP contribution in [0.15, 0.2) is 60.7 Å². The third-order valence-electron chi connectivity index (χ3n) is 3.25. The van der Waals surface area contributed by atoms with Crippen LogP contribution in [0.5, 0.6) is 0 Å². The van der Waals surface area contributed by atoms with Gasteiger partial charge in [-0.2, -0.15) is 0 Å². The Morgan fingerprint density at radius 2 is 1.53 bits per heavy atom. The Labute approximate surface area is 111 Å². The molecule has 0 unspecified atom stereocenters. The van der Waals surface area contributed by atoms with Crippen molar-refractivity contribution in [2.45, 2.75) is 13.1 Å². The summed E-state index contributed by atoms with van der Waals surface area (Å²) in [6, 6.07) is 20.1. The molecule has 0 aliphatic rings. The molecular weight excluding hydrogens is 237 g/mol. The smallest absolute Gasteiger partial charge is 0.131 e. The largest absolute Gasteiger partial charge is 0.255 e. The first-order valence-corrected chi connectivity index (χ1v) is 6.34. The summed E-state index contributed by atoms with van der Waals surface area (Å²) in [5.41, 5.74) is 2.63. The summed E-state index contributed by atoms with van der Waals surface area (Å²) >= 11 is 0. The van der Waals surface area contributed by atoms with E-state index in [-0.39, 0.29) is 0 Å². The summed E-state index contributed by atoms with van der Waals surface area (Å²) in [4.78, 5) is 4.32. The number of pyridine rings is 1. The van der Waals surface area contributed by atoms with E-state index in [2.05, 4.69) is 35.3 Å². The molecular formula is C17H14FN. The number of benzene rings is 2. The maximum absolute atomic E-state index is 12.6. The van der Waals surface area contributed by atoms with Crippen molar-refractivity contribution in [1.29, 1.82) is 0 Å². The van der Waals surface area contributed by atoms with Gasteiger partial charge in [0.2, 0.25) is 0 Å². The van der Waals surface area contributed by atoms with E-state index in [4.69, 9.17) is 0 Å². The maximum Gasteiger partial charge on any atom is 0.131 e. The van der Waals surface area contributed by atoms with Gasteiger partial charge in [-0.25, -0.2) is 4.39 Å². The number of nitrogens with zero attached hydrogens (tertiary/aromatic N) is 1. The molecule has 0 saturated heterocycles. The van der Waals surface area contributed by atoms with E-state index in [1.165, 1.54) is 16.3 Å². The standard InChI is InChI=1S/C17H14FN/c18-12-16-9-4-8-15(19-16)11-14-7-3-6-13-5-1-2-10-17(13)14/h1-10H,11-12H2. The van der Waals surface area contributed by atoms with E-state index >= 15 is 0 Å². The quantitative estimate of drug-likeness (QED) is 0.676. The van der Waals surface area contributed by atoms with Gasteiger partial charge in [-0.15, -0.1) is 0 Å². The molecule has 3 aromatic rings. The number of aromatic nitrogens is 1. The lowest BCUT2D eigenvalue weighted by molar-refractivity contribution is 0.475. The van der Waals surface area contributed by atoms with Gasteiger partial charge in [-0.05, 0) is 28.5 Å². The highest BCUT2D eigenvalue weighted by molar-refractivity contribution is 5.85. The second-order valence-corrected chi connectivity index (χ2v) is 4.57. The van der Waals surface area contributed by atoms with Crippen LogP contribution in [0.3, 0.4) is 0 Å². The second kappa shape index (κ2) is 5.19. The molecule has 0 bridgehead atoms. The van der Waals surface area contributed by atoms with Gasteiger partial charge in [0, 0.05) is 12.1 Å². The van der Waals surface area contributed by atoms with Gasteiger partial charge in [-0.3, -0.25) is 4.98 Å². The van der Waals surface area contributed by atoms with Crippen LogP contribution in [-0.2, 0) is 13.1 Å². The molecule has 0 amide bonds. The minimum atomic E-state index is -0.511. The SMILES string of the molecule is FCc1cccc(Cc2cccc3ccccc23)n1. The average Bonchev–Trinajstić information content (AvgIpc) is 2.48. The summed E-state index contributed by atoms with van der Waals surface area (Å²) in [5.74, 6) is 0. The molecule has 1 heterocycles. The van der Waals surface area contributed by atoms with E-state index in [0.29, 0.717) is 5.69 Å². The minimum Gasteiger partial charge on any atom is -0.255 e. The fourth-order valence-corrected chi connectivity index (χ4v) is 2.34. The third kappa shape index (κ3) is 2.48. The number of hydrogen-bond donors (Lipinski definition) is 0. The van der Waals surface area contributed by atoms with Gasteiger partial charge in [-0.1, -0.05) is 48.5 Å². The lowest BCUT2D eigenvalue weighted by Gasteiger charge is -2.07. The lowest BCUT2D eigenvalue weighted by Crippen LogP contribution is -1.96. The highest BCUT2D eigenvalue weighted by atomic mass is 19.1. The monoisotopic (exact) mass is 251 g/mol. The maximum atomic E-state index is 12.6. The summed E-state index contributed by atoms with van der Waals surface area (Å²) in [6.07, 6.45) is 0.731. The Balaban J connectivity index is 2.01. The van der Waals surface area contributed by atoms with Gasteiger partial charge in [0.15, 0.2) is 0 Å². The van der Waals surface area contributed by atoms with Crippen LogP contribution in [0.1, 0.15) is 17.0 Å². The Kier molecular flexibility index (Phi) is 3.23. The van der Waals surface area contributed by atoms with Gasteiger partial charge in [0.05, 0.1) is 5.69 Å². The van der Waals surface area contributed by atoms with E-state index in [9.17, 15) is 4.39 Å². The Bertz CT molecular complexity index is 701. The zero-order valence-corrected chi connectivity index (χ0v) is 10.5. The fraction of sp³-hybridized carbons (Fsp3) is 0.118. The molecule has 1 nitrogen and oxygen atoms in total. The molecule has 0 spiro atoms. The summed E-state index contributed by atoms with van der Waals surface area (Å²) in [7, 11) is 0. The van der Waals surface area contributed by atoms with E-state index < -0.39 is 6.67 Å². The Hall–Kier alpha value is -2.22. The first-order chi connectivity index (χ1) is 9.36. The highest BCUT2D eigenvalue weighted by Gasteiger charge is 2.03. The van der Waals surface area contributed by atoms with Crippen molar-refractivity contribution < 1.29 is 4.39 Å². The van der Waals surface area contributed by atoms with Crippen molar-refractivity contribution in [3.8, 4) is 0 Å². The normalized spacial score (nSPS) is 10.8. The molecule has 1 aromatic heterocycles. The van der Waals surface area contributed by atoms with Crippen molar-refractivity contribution in [1.82, 2.24) is 4.98 Å². The molecule has 2 heteroatoms. The number of fused-ring (bicyclic) bond motifs is 1. The predicted octanol–water partition coefficient (Wildman–Crippen LogP) is 4.30. The molecule has 2 aromatic carbocycles. The van der Waals surface area contributed by atoms with E-state index in [1.807, 2.05) is 24.3 Å². The number of alkyl halides is 1. The van der Waals surface area contributed by atoms with Crippen LogP contribution in [-0.4, -0.2) is 4.98 Å². The van der Waals surface area contributed by atoms with Gasteiger partial charge in [0.25, 0.3) is 0 Å². The summed E-state index contributed by atoms with van der Waals surface area (Å²) in [6.45, 7) is -0.511. The topological polar surface area (TPSA) is 12.9 Å². The van der Waals surface area contributed by atoms with Gasteiger partial charge in [0.1, 0.15) is 6.67 Å². The molecule has 0 saturated carbocycles. The lowest BCUT2D eigenvalue weighted by atomic mass is 10.0. The van der Waals surface area contributed by atoms with E-state index in [0.717, 1.165) is 12.1 Å². The van der Waals surface area contributed by atoms with Crippen LogP contribution >= 0.6 is 0 Å². The molecule has 0 radical (unpaired) electrons. The number of halogens is 1. The zero-order chi connectivity index (χ0) is 13.1. The second-order valence-electron chi connectivity index (χ2n) is 4.57. The molecule has 19 heavy (non-hydrogen) atoms.